The van der Waals surface area contributed by atoms with Crippen LogP contribution in [0.4, 0.5) is 5.82 Å². The highest BCUT2D eigenvalue weighted by molar-refractivity contribution is 5.87. The van der Waals surface area contributed by atoms with E-state index in [0.29, 0.717) is 0 Å². The summed E-state index contributed by atoms with van der Waals surface area (Å²) in [7, 11) is 0. The summed E-state index contributed by atoms with van der Waals surface area (Å²) in [6.45, 7) is 5.04. The summed E-state index contributed by atoms with van der Waals surface area (Å²) in [4.78, 5) is 0. The smallest absolute Gasteiger partial charge is 0.156 e. The maximum absolute atomic E-state index is 5.97. The molecule has 19 heavy (non-hydrogen) atoms. The quantitative estimate of drug-likeness (QED) is 0.745. The lowest BCUT2D eigenvalue weighted by Crippen LogP contribution is -1.95. The molecule has 0 bridgehead atoms. The molecule has 2 aromatic heterocycles. The molecule has 2 heterocycles. The lowest BCUT2D eigenvalue weighted by molar-refractivity contribution is 0.624. The number of nitrogens with one attached hydrogen (secondary N) is 2. The van der Waals surface area contributed by atoms with Crippen molar-refractivity contribution in [1.29, 1.82) is 0 Å². The third-order valence-electron chi connectivity index (χ3n) is 3.23. The summed E-state index contributed by atoms with van der Waals surface area (Å²) in [5, 5.41) is 11.6. The molecule has 0 atom stereocenters. The fraction of sp³-hybridized carbons (Fsp3) is 0.267. The molecule has 2 N–H and O–H groups in total. The third-order valence-corrected chi connectivity index (χ3v) is 3.23. The van der Waals surface area contributed by atoms with E-state index in [2.05, 4.69) is 28.5 Å². The first-order valence-corrected chi connectivity index (χ1v) is 6.63. The lowest BCUT2D eigenvalue weighted by atomic mass is 10.1. The zero-order chi connectivity index (χ0) is 13.2. The summed E-state index contributed by atoms with van der Waals surface area (Å²) in [6.07, 6.45) is 0.932. The van der Waals surface area contributed by atoms with Gasteiger partial charge in [-0.05, 0) is 19.4 Å². The standard InChI is InChI=1S/C15H17N3O/c1-3-10-11-7-5-6-8-13(11)19-15(10)12-9-14(16-4-2)18-17-12/h5-9H,3-4H2,1-2H3,(H2,16,17,18). The number of aromatic amines is 1. The van der Waals surface area contributed by atoms with Crippen LogP contribution in [-0.2, 0) is 6.42 Å². The fourth-order valence-electron chi connectivity index (χ4n) is 2.38. The molecule has 0 amide bonds. The van der Waals surface area contributed by atoms with Crippen LogP contribution in [0, 0.1) is 0 Å². The van der Waals surface area contributed by atoms with Crippen LogP contribution in [0.25, 0.3) is 22.4 Å². The minimum absolute atomic E-state index is 0.847. The molecule has 0 saturated heterocycles. The average molecular weight is 255 g/mol. The highest BCUT2D eigenvalue weighted by atomic mass is 16.3. The monoisotopic (exact) mass is 255 g/mol. The van der Waals surface area contributed by atoms with Gasteiger partial charge in [0.25, 0.3) is 0 Å². The van der Waals surface area contributed by atoms with Gasteiger partial charge in [0.2, 0.25) is 0 Å². The molecule has 0 aliphatic heterocycles. The van der Waals surface area contributed by atoms with Gasteiger partial charge >= 0.3 is 0 Å². The van der Waals surface area contributed by atoms with Gasteiger partial charge in [-0.3, -0.25) is 5.10 Å². The minimum atomic E-state index is 0.847. The van der Waals surface area contributed by atoms with Crippen LogP contribution in [-0.4, -0.2) is 16.7 Å². The van der Waals surface area contributed by atoms with Gasteiger partial charge in [0.15, 0.2) is 5.76 Å². The Hall–Kier alpha value is -2.23. The van der Waals surface area contributed by atoms with Gasteiger partial charge in [0.1, 0.15) is 17.1 Å². The molecule has 0 saturated carbocycles. The molecule has 3 rings (SSSR count). The maximum atomic E-state index is 5.97. The molecular formula is C15H17N3O. The number of hydrogen-bond acceptors (Lipinski definition) is 3. The molecule has 3 aromatic rings. The number of benzene rings is 1. The number of aromatic nitrogens is 2. The highest BCUT2D eigenvalue weighted by Gasteiger charge is 2.15. The van der Waals surface area contributed by atoms with Gasteiger partial charge in [-0.2, -0.15) is 5.10 Å². The van der Waals surface area contributed by atoms with Crippen molar-refractivity contribution in [2.75, 3.05) is 11.9 Å². The van der Waals surface area contributed by atoms with Gasteiger partial charge in [-0.25, -0.2) is 0 Å². The zero-order valence-corrected chi connectivity index (χ0v) is 11.2. The number of nitrogens with zero attached hydrogens (tertiary/aromatic N) is 1. The van der Waals surface area contributed by atoms with Crippen LogP contribution in [0.5, 0.6) is 0 Å². The van der Waals surface area contributed by atoms with Crippen molar-refractivity contribution >= 4 is 16.8 Å². The average Bonchev–Trinajstić information content (AvgIpc) is 3.02. The summed E-state index contributed by atoms with van der Waals surface area (Å²) >= 11 is 0. The normalized spacial score (nSPS) is 11.1. The lowest BCUT2D eigenvalue weighted by Gasteiger charge is -1.96. The number of hydrogen-bond donors (Lipinski definition) is 2. The van der Waals surface area contributed by atoms with E-state index in [9.17, 15) is 0 Å². The molecule has 4 nitrogen and oxygen atoms in total. The van der Waals surface area contributed by atoms with E-state index in [-0.39, 0.29) is 0 Å². The highest BCUT2D eigenvalue weighted by Crippen LogP contribution is 2.33. The number of fused-ring (bicyclic) bond motifs is 1. The molecule has 98 valence electrons. The van der Waals surface area contributed by atoms with Gasteiger partial charge < -0.3 is 9.73 Å². The van der Waals surface area contributed by atoms with Crippen molar-refractivity contribution in [3.8, 4) is 11.5 Å². The number of H-pyrrole nitrogens is 1. The Morgan fingerprint density at radius 2 is 2.11 bits per heavy atom. The van der Waals surface area contributed by atoms with Crippen LogP contribution in [0.1, 0.15) is 19.4 Å². The number of anilines is 1. The van der Waals surface area contributed by atoms with E-state index in [1.165, 1.54) is 10.9 Å². The number of aryl methyl sites for hydroxylation is 1. The predicted octanol–water partition coefficient (Wildman–Crippen LogP) is 3.82. The second-order valence-corrected chi connectivity index (χ2v) is 4.46. The summed E-state index contributed by atoms with van der Waals surface area (Å²) in [6, 6.07) is 10.1. The van der Waals surface area contributed by atoms with Crippen LogP contribution < -0.4 is 5.32 Å². The second kappa shape index (κ2) is 4.80. The zero-order valence-electron chi connectivity index (χ0n) is 11.2. The topological polar surface area (TPSA) is 53.9 Å². The molecular weight excluding hydrogens is 238 g/mol. The molecule has 0 spiro atoms. The molecule has 0 aliphatic carbocycles. The minimum Gasteiger partial charge on any atom is -0.454 e. The maximum Gasteiger partial charge on any atom is 0.156 e. The van der Waals surface area contributed by atoms with Crippen molar-refractivity contribution in [2.24, 2.45) is 0 Å². The largest absolute Gasteiger partial charge is 0.454 e. The summed E-state index contributed by atoms with van der Waals surface area (Å²) < 4.78 is 5.97. The number of para-hydroxylation sites is 1. The van der Waals surface area contributed by atoms with Gasteiger partial charge in [-0.15, -0.1) is 0 Å². The Kier molecular flexibility index (Phi) is 2.99. The first kappa shape index (κ1) is 11.8. The molecule has 1 aromatic carbocycles. The van der Waals surface area contributed by atoms with Crippen molar-refractivity contribution in [3.63, 3.8) is 0 Å². The van der Waals surface area contributed by atoms with E-state index < -0.39 is 0 Å². The van der Waals surface area contributed by atoms with Crippen LogP contribution >= 0.6 is 0 Å². The molecule has 0 fully saturated rings. The van der Waals surface area contributed by atoms with Crippen molar-refractivity contribution in [2.45, 2.75) is 20.3 Å². The molecule has 0 aliphatic rings. The van der Waals surface area contributed by atoms with E-state index in [1.54, 1.807) is 0 Å². The van der Waals surface area contributed by atoms with Crippen LogP contribution in [0.3, 0.4) is 0 Å². The predicted molar refractivity (Wildman–Crippen MR) is 77.3 cm³/mol. The first-order chi connectivity index (χ1) is 9.33. The van der Waals surface area contributed by atoms with Gasteiger partial charge in [-0.1, -0.05) is 25.1 Å². The Morgan fingerprint density at radius 3 is 2.89 bits per heavy atom. The Labute approximate surface area is 111 Å². The van der Waals surface area contributed by atoms with Crippen molar-refractivity contribution in [3.05, 3.63) is 35.9 Å². The molecule has 4 heteroatoms. The summed E-state index contributed by atoms with van der Waals surface area (Å²) in [5.41, 5.74) is 3.07. The molecule has 0 radical (unpaired) electrons. The first-order valence-electron chi connectivity index (χ1n) is 6.63. The van der Waals surface area contributed by atoms with Crippen LogP contribution in [0.2, 0.25) is 0 Å². The van der Waals surface area contributed by atoms with Gasteiger partial charge in [0, 0.05) is 23.6 Å². The Balaban J connectivity index is 2.12. The fourth-order valence-corrected chi connectivity index (χ4v) is 2.38. The SMILES string of the molecule is CCNc1cc(-c2oc3ccccc3c2CC)[nH]n1. The second-order valence-electron chi connectivity index (χ2n) is 4.46. The van der Waals surface area contributed by atoms with E-state index in [1.807, 2.05) is 31.2 Å². The van der Waals surface area contributed by atoms with Crippen molar-refractivity contribution in [1.82, 2.24) is 10.2 Å². The van der Waals surface area contributed by atoms with Crippen molar-refractivity contribution < 1.29 is 4.42 Å². The summed E-state index contributed by atoms with van der Waals surface area (Å²) in [5.74, 6) is 1.74. The third kappa shape index (κ3) is 1.99. The van der Waals surface area contributed by atoms with E-state index >= 15 is 0 Å². The van der Waals surface area contributed by atoms with E-state index in [0.717, 1.165) is 35.8 Å². The molecule has 0 unspecified atom stereocenters. The number of rotatable bonds is 4. The Morgan fingerprint density at radius 1 is 1.26 bits per heavy atom. The van der Waals surface area contributed by atoms with Crippen LogP contribution in [0.15, 0.2) is 34.7 Å². The Bertz CT molecular complexity index is 696. The van der Waals surface area contributed by atoms with Gasteiger partial charge in [0.05, 0.1) is 0 Å². The number of furan rings is 1. The van der Waals surface area contributed by atoms with E-state index in [4.69, 9.17) is 4.42 Å².